The van der Waals surface area contributed by atoms with Crippen molar-refractivity contribution in [1.29, 1.82) is 0 Å². The van der Waals surface area contributed by atoms with Gasteiger partial charge in [-0.1, -0.05) is 12.2 Å². The van der Waals surface area contributed by atoms with Crippen LogP contribution in [0.25, 0.3) is 0 Å². The topological polar surface area (TPSA) is 77.8 Å². The third-order valence-electron chi connectivity index (χ3n) is 2.40. The van der Waals surface area contributed by atoms with Crippen molar-refractivity contribution < 1.29 is 4.39 Å². The van der Waals surface area contributed by atoms with Gasteiger partial charge in [0.1, 0.15) is 5.69 Å². The SMILES string of the molecule is NC1=CCC(N)(c2nc(Cl)ncc2F)C=C1. The van der Waals surface area contributed by atoms with Crippen LogP contribution in [0.15, 0.2) is 30.1 Å². The van der Waals surface area contributed by atoms with Gasteiger partial charge >= 0.3 is 0 Å². The summed E-state index contributed by atoms with van der Waals surface area (Å²) in [4.78, 5) is 7.37. The van der Waals surface area contributed by atoms with Crippen molar-refractivity contribution in [2.24, 2.45) is 11.5 Å². The van der Waals surface area contributed by atoms with Crippen LogP contribution in [0.4, 0.5) is 4.39 Å². The Morgan fingerprint density at radius 1 is 1.50 bits per heavy atom. The van der Waals surface area contributed by atoms with Gasteiger partial charge in [0, 0.05) is 5.70 Å². The van der Waals surface area contributed by atoms with Crippen LogP contribution < -0.4 is 11.5 Å². The zero-order chi connectivity index (χ0) is 11.8. The van der Waals surface area contributed by atoms with E-state index in [1.54, 1.807) is 18.2 Å². The zero-order valence-corrected chi connectivity index (χ0v) is 9.08. The van der Waals surface area contributed by atoms with Gasteiger partial charge in [0.15, 0.2) is 5.82 Å². The minimum Gasteiger partial charge on any atom is -0.399 e. The lowest BCUT2D eigenvalue weighted by Crippen LogP contribution is -2.37. The highest BCUT2D eigenvalue weighted by Gasteiger charge is 2.30. The molecule has 84 valence electrons. The van der Waals surface area contributed by atoms with Crippen LogP contribution in [0.3, 0.4) is 0 Å². The summed E-state index contributed by atoms with van der Waals surface area (Å²) >= 11 is 5.62. The van der Waals surface area contributed by atoms with Crippen LogP contribution in [0.2, 0.25) is 5.28 Å². The summed E-state index contributed by atoms with van der Waals surface area (Å²) in [6.45, 7) is 0. The third-order valence-corrected chi connectivity index (χ3v) is 2.59. The Balaban J connectivity index is 2.45. The van der Waals surface area contributed by atoms with E-state index in [9.17, 15) is 4.39 Å². The van der Waals surface area contributed by atoms with Gasteiger partial charge in [-0.15, -0.1) is 0 Å². The Morgan fingerprint density at radius 2 is 2.25 bits per heavy atom. The van der Waals surface area contributed by atoms with Crippen molar-refractivity contribution in [3.05, 3.63) is 46.9 Å². The van der Waals surface area contributed by atoms with Gasteiger partial charge in [-0.25, -0.2) is 14.4 Å². The van der Waals surface area contributed by atoms with E-state index in [4.69, 9.17) is 23.1 Å². The second-order valence-corrected chi connectivity index (χ2v) is 3.96. The van der Waals surface area contributed by atoms with E-state index >= 15 is 0 Å². The van der Waals surface area contributed by atoms with Crippen molar-refractivity contribution in [2.75, 3.05) is 0 Å². The number of halogens is 2. The van der Waals surface area contributed by atoms with Crippen LogP contribution in [0.1, 0.15) is 12.1 Å². The Bertz CT molecular complexity index is 486. The fourth-order valence-corrected chi connectivity index (χ4v) is 1.65. The lowest BCUT2D eigenvalue weighted by Gasteiger charge is -2.26. The quantitative estimate of drug-likeness (QED) is 0.724. The molecule has 4 nitrogen and oxygen atoms in total. The predicted molar refractivity (Wildman–Crippen MR) is 58.9 cm³/mol. The largest absolute Gasteiger partial charge is 0.399 e. The predicted octanol–water partition coefficient (Wildman–Crippen LogP) is 1.23. The van der Waals surface area contributed by atoms with Gasteiger partial charge in [-0.2, -0.15) is 0 Å². The van der Waals surface area contributed by atoms with Crippen LogP contribution in [-0.2, 0) is 5.54 Å². The maximum Gasteiger partial charge on any atom is 0.222 e. The smallest absolute Gasteiger partial charge is 0.222 e. The minimum absolute atomic E-state index is 0.0304. The minimum atomic E-state index is -1.01. The van der Waals surface area contributed by atoms with Gasteiger partial charge in [0.05, 0.1) is 11.7 Å². The fourth-order valence-electron chi connectivity index (χ4n) is 1.52. The van der Waals surface area contributed by atoms with E-state index < -0.39 is 11.4 Å². The highest BCUT2D eigenvalue weighted by Crippen LogP contribution is 2.28. The second kappa shape index (κ2) is 3.84. The Hall–Kier alpha value is -1.46. The maximum absolute atomic E-state index is 13.5. The van der Waals surface area contributed by atoms with Gasteiger partial charge < -0.3 is 11.5 Å². The molecule has 4 N–H and O–H groups in total. The molecule has 0 bridgehead atoms. The third kappa shape index (κ3) is 1.91. The van der Waals surface area contributed by atoms with Crippen molar-refractivity contribution in [2.45, 2.75) is 12.0 Å². The zero-order valence-electron chi connectivity index (χ0n) is 8.32. The number of hydrogen-bond donors (Lipinski definition) is 2. The molecule has 1 aliphatic rings. The molecule has 0 fully saturated rings. The molecule has 0 amide bonds. The number of rotatable bonds is 1. The first-order valence-corrected chi connectivity index (χ1v) is 5.01. The van der Waals surface area contributed by atoms with Crippen LogP contribution in [0, 0.1) is 5.82 Å². The molecule has 0 saturated heterocycles. The van der Waals surface area contributed by atoms with Gasteiger partial charge in [0.25, 0.3) is 0 Å². The first-order valence-electron chi connectivity index (χ1n) is 4.63. The van der Waals surface area contributed by atoms with Gasteiger partial charge in [0.2, 0.25) is 5.28 Å². The summed E-state index contributed by atoms with van der Waals surface area (Å²) in [6, 6.07) is 0. The molecule has 1 atom stereocenters. The number of allylic oxidation sites excluding steroid dienone is 1. The molecule has 1 aromatic rings. The van der Waals surface area contributed by atoms with Crippen LogP contribution in [-0.4, -0.2) is 9.97 Å². The molecule has 2 rings (SSSR count). The maximum atomic E-state index is 13.5. The summed E-state index contributed by atoms with van der Waals surface area (Å²) in [5.74, 6) is -0.578. The van der Waals surface area contributed by atoms with Gasteiger partial charge in [-0.3, -0.25) is 0 Å². The molecule has 0 aliphatic heterocycles. The normalized spacial score (nSPS) is 24.3. The molecule has 0 saturated carbocycles. The molecule has 1 aromatic heterocycles. The van der Waals surface area contributed by atoms with E-state index in [0.29, 0.717) is 12.1 Å². The van der Waals surface area contributed by atoms with Crippen LogP contribution >= 0.6 is 11.6 Å². The molecule has 0 radical (unpaired) electrons. The molecule has 16 heavy (non-hydrogen) atoms. The van der Waals surface area contributed by atoms with E-state index in [0.717, 1.165) is 6.20 Å². The fraction of sp³-hybridized carbons (Fsp3) is 0.200. The average molecular weight is 241 g/mol. The molecule has 1 heterocycles. The molecule has 1 unspecified atom stereocenters. The molecule has 0 spiro atoms. The molecule has 0 aromatic carbocycles. The number of aromatic nitrogens is 2. The summed E-state index contributed by atoms with van der Waals surface area (Å²) in [6.07, 6.45) is 6.34. The highest BCUT2D eigenvalue weighted by molar-refractivity contribution is 6.28. The number of nitrogens with zero attached hydrogens (tertiary/aromatic N) is 2. The molecule has 6 heteroatoms. The Morgan fingerprint density at radius 3 is 2.88 bits per heavy atom. The van der Waals surface area contributed by atoms with E-state index in [1.165, 1.54) is 0 Å². The van der Waals surface area contributed by atoms with Crippen molar-refractivity contribution in [3.8, 4) is 0 Å². The molecule has 1 aliphatic carbocycles. The monoisotopic (exact) mass is 240 g/mol. The summed E-state index contributed by atoms with van der Waals surface area (Å²) in [5, 5.41) is -0.0304. The van der Waals surface area contributed by atoms with Crippen molar-refractivity contribution in [1.82, 2.24) is 9.97 Å². The Kier molecular flexibility index (Phi) is 2.65. The van der Waals surface area contributed by atoms with E-state index in [2.05, 4.69) is 9.97 Å². The highest BCUT2D eigenvalue weighted by atomic mass is 35.5. The van der Waals surface area contributed by atoms with Crippen LogP contribution in [0.5, 0.6) is 0 Å². The summed E-state index contributed by atoms with van der Waals surface area (Å²) in [5.41, 5.74) is 11.3. The number of hydrogen-bond acceptors (Lipinski definition) is 4. The molecular formula is C10H10ClFN4. The van der Waals surface area contributed by atoms with E-state index in [-0.39, 0.29) is 11.0 Å². The first kappa shape index (κ1) is 11.0. The van der Waals surface area contributed by atoms with Gasteiger partial charge in [-0.05, 0) is 24.1 Å². The lowest BCUT2D eigenvalue weighted by molar-refractivity contribution is 0.485. The van der Waals surface area contributed by atoms with Crippen molar-refractivity contribution in [3.63, 3.8) is 0 Å². The molecular weight excluding hydrogens is 231 g/mol. The second-order valence-electron chi connectivity index (χ2n) is 3.62. The van der Waals surface area contributed by atoms with E-state index in [1.807, 2.05) is 0 Å². The summed E-state index contributed by atoms with van der Waals surface area (Å²) in [7, 11) is 0. The van der Waals surface area contributed by atoms with Crippen molar-refractivity contribution >= 4 is 11.6 Å². The first-order chi connectivity index (χ1) is 7.51. The lowest BCUT2D eigenvalue weighted by atomic mass is 9.88. The average Bonchev–Trinajstić information content (AvgIpc) is 2.26. The summed E-state index contributed by atoms with van der Waals surface area (Å²) < 4.78 is 13.5. The standard InChI is InChI=1S/C10H10ClFN4/c11-9-15-5-7(12)8(16-9)10(14)3-1-6(13)2-4-10/h1-3,5H,4,13-14H2. The Labute approximate surface area is 96.8 Å². The number of nitrogens with two attached hydrogens (primary N) is 2.